The Morgan fingerprint density at radius 2 is 0.630 bits per heavy atom. The molecule has 4 N–H and O–H groups in total. The average molecular weight is 689 g/mol. The molecule has 0 aliphatic rings. The molecule has 0 aromatic rings. The van der Waals surface area contributed by atoms with Crippen LogP contribution in [0.3, 0.4) is 0 Å². The number of aliphatic carboxylic acids is 2. The van der Waals surface area contributed by atoms with Crippen molar-refractivity contribution in [2.75, 3.05) is 24.6 Å². The highest BCUT2D eigenvalue weighted by Gasteiger charge is 2.19. The van der Waals surface area contributed by atoms with Crippen molar-refractivity contribution in [1.29, 1.82) is 0 Å². The molecule has 0 aromatic carbocycles. The summed E-state index contributed by atoms with van der Waals surface area (Å²) in [6.07, 6.45) is 36.8. The van der Waals surface area contributed by atoms with Crippen LogP contribution in [0.25, 0.3) is 0 Å². The first-order valence-corrected chi connectivity index (χ1v) is 22.2. The molecule has 46 heavy (non-hydrogen) atoms. The topological polar surface area (TPSA) is 98.7 Å². The van der Waals surface area contributed by atoms with Gasteiger partial charge in [-0.05, 0) is 25.9 Å². The summed E-state index contributed by atoms with van der Waals surface area (Å²) in [6.45, 7) is 5.98. The third-order valence-electron chi connectivity index (χ3n) is 8.99. The fraction of sp³-hybridized carbons (Fsp3) is 0.947. The van der Waals surface area contributed by atoms with E-state index in [1.54, 1.807) is 0 Å². The Morgan fingerprint density at radius 1 is 0.413 bits per heavy atom. The molecule has 0 rings (SSSR count). The smallest absolute Gasteiger partial charge is 0.321 e. The highest BCUT2D eigenvalue weighted by atomic mass is 33.1. The van der Waals surface area contributed by atoms with E-state index < -0.39 is 24.0 Å². The predicted octanol–water partition coefficient (Wildman–Crippen LogP) is 11.4. The van der Waals surface area contributed by atoms with E-state index in [2.05, 4.69) is 24.5 Å². The van der Waals surface area contributed by atoms with Crippen LogP contribution in [0.1, 0.15) is 194 Å². The Morgan fingerprint density at radius 3 is 0.848 bits per heavy atom. The van der Waals surface area contributed by atoms with E-state index in [1.807, 2.05) is 0 Å². The zero-order chi connectivity index (χ0) is 33.8. The van der Waals surface area contributed by atoms with Gasteiger partial charge in [0, 0.05) is 11.5 Å². The molecule has 0 radical (unpaired) electrons. The van der Waals surface area contributed by atoms with Crippen LogP contribution >= 0.6 is 21.6 Å². The first-order valence-electron chi connectivity index (χ1n) is 19.7. The van der Waals surface area contributed by atoms with Crippen molar-refractivity contribution in [2.24, 2.45) is 0 Å². The summed E-state index contributed by atoms with van der Waals surface area (Å²) in [4.78, 5) is 23.4. The lowest BCUT2D eigenvalue weighted by molar-refractivity contribution is -0.139. The Kier molecular flexibility index (Phi) is 37.0. The first kappa shape index (κ1) is 45.6. The largest absolute Gasteiger partial charge is 0.480 e. The lowest BCUT2D eigenvalue weighted by atomic mass is 10.0. The van der Waals surface area contributed by atoms with Gasteiger partial charge < -0.3 is 20.8 Å². The molecule has 6 nitrogen and oxygen atoms in total. The fourth-order valence-electron chi connectivity index (χ4n) is 5.86. The van der Waals surface area contributed by atoms with Crippen molar-refractivity contribution >= 4 is 33.5 Å². The molecule has 0 unspecified atom stereocenters. The molecule has 0 aromatic heterocycles. The summed E-state index contributed by atoms with van der Waals surface area (Å²) < 4.78 is 0. The van der Waals surface area contributed by atoms with Crippen molar-refractivity contribution in [3.8, 4) is 0 Å². The van der Waals surface area contributed by atoms with Gasteiger partial charge in [-0.3, -0.25) is 9.59 Å². The van der Waals surface area contributed by atoms with E-state index in [9.17, 15) is 19.8 Å². The molecule has 0 heterocycles. The Bertz CT molecular complexity index is 602. The molecule has 0 saturated carbocycles. The summed E-state index contributed by atoms with van der Waals surface area (Å²) in [5.74, 6) is -0.790. The Hall–Kier alpha value is -0.440. The summed E-state index contributed by atoms with van der Waals surface area (Å²) in [5, 5.41) is 25.6. The van der Waals surface area contributed by atoms with Gasteiger partial charge in [0.1, 0.15) is 12.1 Å². The van der Waals surface area contributed by atoms with E-state index in [0.717, 1.165) is 38.8 Å². The van der Waals surface area contributed by atoms with Gasteiger partial charge in [-0.15, -0.1) is 0 Å². The molecule has 0 saturated heterocycles. The molecular formula is C38H76N2O4S2. The summed E-state index contributed by atoms with van der Waals surface area (Å²) >= 11 is 0. The minimum absolute atomic E-state index is 0.434. The monoisotopic (exact) mass is 689 g/mol. The average Bonchev–Trinajstić information content (AvgIpc) is 3.04. The molecule has 0 amide bonds. The van der Waals surface area contributed by atoms with Crippen LogP contribution in [0.4, 0.5) is 0 Å². The van der Waals surface area contributed by atoms with Crippen LogP contribution in [-0.2, 0) is 9.59 Å². The van der Waals surface area contributed by atoms with Gasteiger partial charge in [0.25, 0.3) is 0 Å². The van der Waals surface area contributed by atoms with Gasteiger partial charge in [-0.2, -0.15) is 0 Å². The van der Waals surface area contributed by atoms with E-state index in [-0.39, 0.29) is 0 Å². The highest BCUT2D eigenvalue weighted by Crippen LogP contribution is 2.23. The molecule has 8 heteroatoms. The van der Waals surface area contributed by atoms with Crippen LogP contribution in [0.5, 0.6) is 0 Å². The van der Waals surface area contributed by atoms with Gasteiger partial charge >= 0.3 is 11.9 Å². The third kappa shape index (κ3) is 33.5. The van der Waals surface area contributed by atoms with Crippen LogP contribution in [0.2, 0.25) is 0 Å². The van der Waals surface area contributed by atoms with Crippen molar-refractivity contribution in [3.05, 3.63) is 0 Å². The summed E-state index contributed by atoms with van der Waals surface area (Å²) in [5.41, 5.74) is 0. The number of rotatable bonds is 39. The standard InChI is InChI=1S/C38H76N2O4S2/c1-3-5-7-9-11-13-15-17-19-21-23-25-27-29-31-39-35(37(41)42)33-45-46-34-36(38(43)44)40-32-30-28-26-24-22-20-18-16-14-12-10-8-6-4-2/h35-36,39-40H,3-34H2,1-2H3,(H,41,42)(H,43,44)/t35-,36-/m0/s1. The van der Waals surface area contributed by atoms with E-state index in [1.165, 1.54) is 176 Å². The van der Waals surface area contributed by atoms with Crippen LogP contribution in [-0.4, -0.2) is 58.8 Å². The van der Waals surface area contributed by atoms with E-state index >= 15 is 0 Å². The molecule has 2 atom stereocenters. The van der Waals surface area contributed by atoms with Gasteiger partial charge in [0.2, 0.25) is 0 Å². The predicted molar refractivity (Wildman–Crippen MR) is 204 cm³/mol. The molecule has 0 spiro atoms. The minimum atomic E-state index is -0.829. The van der Waals surface area contributed by atoms with Crippen LogP contribution in [0, 0.1) is 0 Å². The van der Waals surface area contributed by atoms with Crippen molar-refractivity contribution in [3.63, 3.8) is 0 Å². The Labute approximate surface area is 293 Å². The van der Waals surface area contributed by atoms with E-state index in [0.29, 0.717) is 11.5 Å². The number of carboxylic acid groups (broad SMARTS) is 2. The highest BCUT2D eigenvalue weighted by molar-refractivity contribution is 8.76. The maximum Gasteiger partial charge on any atom is 0.321 e. The maximum atomic E-state index is 11.7. The normalized spacial score (nSPS) is 12.8. The lowest BCUT2D eigenvalue weighted by Crippen LogP contribution is -2.40. The number of hydrogen-bond acceptors (Lipinski definition) is 6. The third-order valence-corrected chi connectivity index (χ3v) is 11.4. The molecule has 0 fully saturated rings. The second-order valence-corrected chi connectivity index (χ2v) is 16.0. The molecular weight excluding hydrogens is 613 g/mol. The van der Waals surface area contributed by atoms with Crippen LogP contribution in [0.15, 0.2) is 0 Å². The number of hydrogen-bond donors (Lipinski definition) is 4. The lowest BCUT2D eigenvalue weighted by Gasteiger charge is -2.16. The van der Waals surface area contributed by atoms with E-state index in [4.69, 9.17) is 0 Å². The van der Waals surface area contributed by atoms with Crippen molar-refractivity contribution in [2.45, 2.75) is 206 Å². The Balaban J connectivity index is 3.69. The molecule has 274 valence electrons. The zero-order valence-corrected chi connectivity index (χ0v) is 31.9. The van der Waals surface area contributed by atoms with Gasteiger partial charge in [0.15, 0.2) is 0 Å². The molecule has 0 aliphatic heterocycles. The number of unbranched alkanes of at least 4 members (excludes halogenated alkanes) is 26. The second kappa shape index (κ2) is 37.4. The van der Waals surface area contributed by atoms with Gasteiger partial charge in [-0.25, -0.2) is 0 Å². The zero-order valence-electron chi connectivity index (χ0n) is 30.3. The molecule has 0 aliphatic carbocycles. The quantitative estimate of drug-likeness (QED) is 0.0374. The van der Waals surface area contributed by atoms with Crippen molar-refractivity contribution < 1.29 is 19.8 Å². The number of carboxylic acids is 2. The first-order chi connectivity index (χ1) is 22.5. The molecule has 0 bridgehead atoms. The summed E-state index contributed by atoms with van der Waals surface area (Å²) in [7, 11) is 2.91. The van der Waals surface area contributed by atoms with Gasteiger partial charge in [0.05, 0.1) is 0 Å². The van der Waals surface area contributed by atoms with Crippen molar-refractivity contribution in [1.82, 2.24) is 10.6 Å². The number of carbonyl (C=O) groups is 2. The fourth-order valence-corrected chi connectivity index (χ4v) is 8.24. The maximum absolute atomic E-state index is 11.7. The van der Waals surface area contributed by atoms with Gasteiger partial charge in [-0.1, -0.05) is 202 Å². The minimum Gasteiger partial charge on any atom is -0.480 e. The number of nitrogens with one attached hydrogen (secondary N) is 2. The van der Waals surface area contributed by atoms with Crippen LogP contribution < -0.4 is 10.6 Å². The second-order valence-electron chi connectivity index (χ2n) is 13.5. The summed E-state index contributed by atoms with van der Waals surface area (Å²) in [6, 6.07) is -1.18. The SMILES string of the molecule is CCCCCCCCCCCCCCCCN[C@@H](CSSC[C@H](NCCCCCCCCCCCCCCCC)C(=O)O)C(=O)O.